The molecule has 0 aliphatic heterocycles. The minimum Gasteiger partial charge on any atom is -0.505 e. The van der Waals surface area contributed by atoms with Gasteiger partial charge in [0, 0.05) is 11.1 Å². The zero-order chi connectivity index (χ0) is 17.3. The molecule has 0 bridgehead atoms. The number of phenols is 1. The van der Waals surface area contributed by atoms with Gasteiger partial charge >= 0.3 is 5.97 Å². The Morgan fingerprint density at radius 1 is 1.25 bits per heavy atom. The number of hydrogen-bond donors (Lipinski definition) is 1. The van der Waals surface area contributed by atoms with Crippen LogP contribution in [-0.4, -0.2) is 26.1 Å². The molecule has 0 atom stereocenters. The molecular weight excluding hydrogens is 306 g/mol. The summed E-state index contributed by atoms with van der Waals surface area (Å²) in [5, 5.41) is 19.3. The van der Waals surface area contributed by atoms with Crippen LogP contribution >= 0.6 is 0 Å². The number of aromatic hydroxyl groups is 1. The molecule has 3 rings (SSSR count). The summed E-state index contributed by atoms with van der Waals surface area (Å²) >= 11 is 0. The van der Waals surface area contributed by atoms with Crippen molar-refractivity contribution in [3.63, 3.8) is 0 Å². The maximum absolute atomic E-state index is 11.6. The van der Waals surface area contributed by atoms with Crippen molar-refractivity contribution in [2.45, 2.75) is 20.5 Å². The Balaban J connectivity index is 1.99. The van der Waals surface area contributed by atoms with Gasteiger partial charge in [0.05, 0.1) is 0 Å². The normalized spacial score (nSPS) is 10.8. The number of fused-ring (bicyclic) bond motifs is 1. The lowest BCUT2D eigenvalue weighted by molar-refractivity contribution is -0.140. The lowest BCUT2D eigenvalue weighted by atomic mass is 10.1. The van der Waals surface area contributed by atoms with Crippen LogP contribution in [0.2, 0.25) is 0 Å². The third-order valence-electron chi connectivity index (χ3n) is 3.52. The lowest BCUT2D eigenvalue weighted by Crippen LogP contribution is -2.07. The smallest absolute Gasteiger partial charge is 0.333 e. The number of aryl methyl sites for hydroxylation is 1. The highest BCUT2D eigenvalue weighted by atomic mass is 16.5. The third kappa shape index (κ3) is 2.99. The van der Waals surface area contributed by atoms with Gasteiger partial charge in [0.1, 0.15) is 29.1 Å². The maximum Gasteiger partial charge on any atom is 0.333 e. The summed E-state index contributed by atoms with van der Waals surface area (Å²) in [4.78, 5) is 12.9. The highest BCUT2D eigenvalue weighted by Gasteiger charge is 2.15. The molecule has 1 heterocycles. The molecule has 1 N–H and O–H groups in total. The first-order valence-electron chi connectivity index (χ1n) is 7.43. The van der Waals surface area contributed by atoms with Crippen LogP contribution in [-0.2, 0) is 16.1 Å². The van der Waals surface area contributed by atoms with E-state index in [0.29, 0.717) is 16.8 Å². The monoisotopic (exact) mass is 323 g/mol. The second-order valence-corrected chi connectivity index (χ2v) is 5.63. The fourth-order valence-electron chi connectivity index (χ4n) is 2.33. The Morgan fingerprint density at radius 2 is 1.88 bits per heavy atom. The number of benzene rings is 2. The fourth-order valence-corrected chi connectivity index (χ4v) is 2.33. The average molecular weight is 323 g/mol. The number of ether oxygens (including phenoxy) is 1. The van der Waals surface area contributed by atoms with Crippen LogP contribution in [0.1, 0.15) is 18.1 Å². The predicted octanol–water partition coefficient (Wildman–Crippen LogP) is 3.05. The number of carbonyl (C=O) groups excluding carboxylic acids is 1. The fraction of sp³-hybridized carbons (Fsp3) is 0.167. The molecule has 0 spiro atoms. The van der Waals surface area contributed by atoms with E-state index in [2.05, 4.69) is 16.8 Å². The molecule has 24 heavy (non-hydrogen) atoms. The number of carbonyl (C=O) groups is 1. The van der Waals surface area contributed by atoms with E-state index < -0.39 is 5.97 Å². The number of esters is 1. The van der Waals surface area contributed by atoms with Gasteiger partial charge in [0.15, 0.2) is 0 Å². The van der Waals surface area contributed by atoms with Gasteiger partial charge in [-0.25, -0.2) is 4.79 Å². The first-order valence-corrected chi connectivity index (χ1v) is 7.43. The van der Waals surface area contributed by atoms with E-state index in [1.807, 2.05) is 31.2 Å². The third-order valence-corrected chi connectivity index (χ3v) is 3.52. The van der Waals surface area contributed by atoms with E-state index in [1.165, 1.54) is 4.80 Å². The van der Waals surface area contributed by atoms with Crippen LogP contribution in [0.5, 0.6) is 5.75 Å². The lowest BCUT2D eigenvalue weighted by Gasteiger charge is -2.11. The van der Waals surface area contributed by atoms with Gasteiger partial charge in [-0.2, -0.15) is 0 Å². The second kappa shape index (κ2) is 6.16. The van der Waals surface area contributed by atoms with E-state index in [9.17, 15) is 9.90 Å². The molecule has 0 amide bonds. The van der Waals surface area contributed by atoms with Gasteiger partial charge in [0.2, 0.25) is 0 Å². The quantitative estimate of drug-likeness (QED) is 0.590. The number of rotatable bonds is 4. The Kier molecular flexibility index (Phi) is 4.04. The van der Waals surface area contributed by atoms with Crippen molar-refractivity contribution in [2.75, 3.05) is 0 Å². The summed E-state index contributed by atoms with van der Waals surface area (Å²) < 4.78 is 5.13. The Hall–Kier alpha value is -3.15. The number of aromatic nitrogens is 3. The first kappa shape index (κ1) is 15.7. The van der Waals surface area contributed by atoms with Crippen molar-refractivity contribution < 1.29 is 14.6 Å². The summed E-state index contributed by atoms with van der Waals surface area (Å²) in [5.41, 5.74) is 3.59. The molecule has 0 saturated carbocycles. The number of nitrogens with zero attached hydrogens (tertiary/aromatic N) is 3. The van der Waals surface area contributed by atoms with Gasteiger partial charge in [-0.15, -0.1) is 15.0 Å². The summed E-state index contributed by atoms with van der Waals surface area (Å²) in [6.07, 6.45) is 0. The predicted molar refractivity (Wildman–Crippen MR) is 89.9 cm³/mol. The van der Waals surface area contributed by atoms with Gasteiger partial charge in [-0.1, -0.05) is 18.7 Å². The molecule has 3 aromatic rings. The Bertz CT molecular complexity index is 911. The molecule has 6 heteroatoms. The molecule has 0 aliphatic rings. The van der Waals surface area contributed by atoms with Crippen molar-refractivity contribution in [3.05, 3.63) is 59.7 Å². The van der Waals surface area contributed by atoms with Crippen LogP contribution in [0.4, 0.5) is 0 Å². The van der Waals surface area contributed by atoms with Crippen molar-refractivity contribution in [1.29, 1.82) is 0 Å². The van der Waals surface area contributed by atoms with E-state index >= 15 is 0 Å². The molecule has 0 unspecified atom stereocenters. The average Bonchev–Trinajstić information content (AvgIpc) is 2.98. The van der Waals surface area contributed by atoms with E-state index in [1.54, 1.807) is 19.1 Å². The van der Waals surface area contributed by atoms with Gasteiger partial charge in [-0.05, 0) is 43.7 Å². The summed E-state index contributed by atoms with van der Waals surface area (Å²) in [7, 11) is 0. The summed E-state index contributed by atoms with van der Waals surface area (Å²) in [6, 6.07) is 11.0. The Morgan fingerprint density at radius 3 is 2.46 bits per heavy atom. The highest BCUT2D eigenvalue weighted by Crippen LogP contribution is 2.28. The van der Waals surface area contributed by atoms with E-state index in [0.717, 1.165) is 16.6 Å². The molecule has 0 saturated heterocycles. The maximum atomic E-state index is 11.6. The minimum absolute atomic E-state index is 0.0181. The number of phenolic OH excluding ortho intramolecular Hbond substituents is 1. The molecule has 0 aliphatic carbocycles. The van der Waals surface area contributed by atoms with Crippen molar-refractivity contribution >= 4 is 17.0 Å². The Labute approximate surface area is 139 Å². The van der Waals surface area contributed by atoms with Crippen molar-refractivity contribution in [1.82, 2.24) is 15.0 Å². The van der Waals surface area contributed by atoms with Crippen LogP contribution < -0.4 is 0 Å². The van der Waals surface area contributed by atoms with Gasteiger partial charge in [0.25, 0.3) is 0 Å². The molecule has 1 aromatic heterocycles. The molecular formula is C18H17N3O3. The van der Waals surface area contributed by atoms with Gasteiger partial charge < -0.3 is 9.84 Å². The SMILES string of the molecule is C=C(C)C(=O)OCc1cc(C)cc(-n2nc3ccccc3n2)c1O. The van der Waals surface area contributed by atoms with Crippen LogP contribution in [0.25, 0.3) is 16.7 Å². The summed E-state index contributed by atoms with van der Waals surface area (Å²) in [5.74, 6) is -0.518. The van der Waals surface area contributed by atoms with Crippen molar-refractivity contribution in [2.24, 2.45) is 0 Å². The van der Waals surface area contributed by atoms with Gasteiger partial charge in [-0.3, -0.25) is 0 Å². The van der Waals surface area contributed by atoms with Crippen LogP contribution in [0.3, 0.4) is 0 Å². The van der Waals surface area contributed by atoms with Crippen molar-refractivity contribution in [3.8, 4) is 11.4 Å². The molecule has 0 radical (unpaired) electrons. The van der Waals surface area contributed by atoms with Crippen LogP contribution in [0, 0.1) is 6.92 Å². The standard InChI is InChI=1S/C18H17N3O3/c1-11(2)18(23)24-10-13-8-12(3)9-16(17(13)22)21-19-14-6-4-5-7-15(14)20-21/h4-9,22H,1,10H2,2-3H3. The zero-order valence-electron chi connectivity index (χ0n) is 13.5. The zero-order valence-corrected chi connectivity index (χ0v) is 13.5. The minimum atomic E-state index is -0.500. The topological polar surface area (TPSA) is 77.2 Å². The largest absolute Gasteiger partial charge is 0.505 e. The highest BCUT2D eigenvalue weighted by molar-refractivity contribution is 5.87. The molecule has 6 nitrogen and oxygen atoms in total. The summed E-state index contributed by atoms with van der Waals surface area (Å²) in [6.45, 7) is 6.94. The molecule has 2 aromatic carbocycles. The second-order valence-electron chi connectivity index (χ2n) is 5.63. The van der Waals surface area contributed by atoms with E-state index in [4.69, 9.17) is 4.74 Å². The first-order chi connectivity index (χ1) is 11.5. The van der Waals surface area contributed by atoms with E-state index in [-0.39, 0.29) is 12.4 Å². The van der Waals surface area contributed by atoms with Crippen LogP contribution in [0.15, 0.2) is 48.6 Å². The number of hydrogen-bond acceptors (Lipinski definition) is 5. The molecule has 0 fully saturated rings. The molecule has 122 valence electrons.